The summed E-state index contributed by atoms with van der Waals surface area (Å²) in [6, 6.07) is 17.0. The molecule has 0 aromatic heterocycles. The molecule has 38 heavy (non-hydrogen) atoms. The van der Waals surface area contributed by atoms with Crippen LogP contribution in [-0.4, -0.2) is 35.1 Å². The number of carbonyl (C=O) groups excluding carboxylic acids is 3. The molecule has 0 bridgehead atoms. The first-order valence-corrected chi connectivity index (χ1v) is 12.8. The van der Waals surface area contributed by atoms with Crippen LogP contribution in [0.5, 0.6) is 11.5 Å². The first-order chi connectivity index (χ1) is 18.3. The molecule has 0 aliphatic carbocycles. The normalized spacial score (nSPS) is 14.2. The zero-order chi connectivity index (χ0) is 27.2. The second-order valence-corrected chi connectivity index (χ2v) is 9.60. The molecule has 196 valence electrons. The van der Waals surface area contributed by atoms with Crippen LogP contribution in [0.3, 0.4) is 0 Å². The van der Waals surface area contributed by atoms with Gasteiger partial charge in [-0.05, 0) is 73.5 Å². The monoisotopic (exact) mass is 534 g/mol. The van der Waals surface area contributed by atoms with Gasteiger partial charge in [-0.2, -0.15) is 0 Å². The van der Waals surface area contributed by atoms with E-state index in [1.807, 2.05) is 39.0 Å². The first kappa shape index (κ1) is 26.9. The highest BCUT2D eigenvalue weighted by atomic mass is 32.2. The van der Waals surface area contributed by atoms with E-state index in [0.717, 1.165) is 27.8 Å². The second kappa shape index (κ2) is 12.0. The van der Waals surface area contributed by atoms with Crippen LogP contribution in [0.4, 0.5) is 14.9 Å². The summed E-state index contributed by atoms with van der Waals surface area (Å²) in [4.78, 5) is 39.3. The van der Waals surface area contributed by atoms with Crippen molar-refractivity contribution in [2.75, 3.05) is 18.5 Å². The molecule has 1 fully saturated rings. The highest BCUT2D eigenvalue weighted by Crippen LogP contribution is 2.35. The molecule has 4 rings (SSSR count). The highest BCUT2D eigenvalue weighted by molar-refractivity contribution is 8.18. The Morgan fingerprint density at radius 1 is 1.00 bits per heavy atom. The van der Waals surface area contributed by atoms with E-state index in [2.05, 4.69) is 5.32 Å². The maximum absolute atomic E-state index is 13.9. The van der Waals surface area contributed by atoms with E-state index in [9.17, 15) is 18.8 Å². The van der Waals surface area contributed by atoms with Crippen molar-refractivity contribution in [3.8, 4) is 11.5 Å². The summed E-state index contributed by atoms with van der Waals surface area (Å²) in [6.07, 6.45) is 1.57. The molecule has 0 atom stereocenters. The van der Waals surface area contributed by atoms with Gasteiger partial charge < -0.3 is 14.8 Å². The quantitative estimate of drug-likeness (QED) is 0.334. The molecule has 1 N–H and O–H groups in total. The number of amides is 3. The SMILES string of the molecule is CCOc1cc(/C=C2/SC(=O)N(CC(=O)Nc3c(C)cccc3C)C2=O)ccc1OCc1ccccc1F. The Morgan fingerprint density at radius 3 is 2.45 bits per heavy atom. The molecule has 7 nitrogen and oxygen atoms in total. The molecule has 3 aromatic rings. The van der Waals surface area contributed by atoms with Gasteiger partial charge in [-0.1, -0.05) is 42.5 Å². The molecule has 3 amide bonds. The number of benzene rings is 3. The van der Waals surface area contributed by atoms with Gasteiger partial charge in [0.2, 0.25) is 5.91 Å². The fourth-order valence-corrected chi connectivity index (χ4v) is 4.73. The minimum atomic E-state index is -0.547. The van der Waals surface area contributed by atoms with Crippen LogP contribution in [0.2, 0.25) is 0 Å². The molecule has 1 aliphatic heterocycles. The lowest BCUT2D eigenvalue weighted by molar-refractivity contribution is -0.127. The van der Waals surface area contributed by atoms with Crippen LogP contribution in [-0.2, 0) is 16.2 Å². The van der Waals surface area contributed by atoms with Crippen LogP contribution in [0.15, 0.2) is 65.6 Å². The van der Waals surface area contributed by atoms with Crippen LogP contribution in [0, 0.1) is 19.7 Å². The fraction of sp³-hybridized carbons (Fsp3) is 0.207. The summed E-state index contributed by atoms with van der Waals surface area (Å²) in [5.41, 5.74) is 3.46. The van der Waals surface area contributed by atoms with E-state index < -0.39 is 17.1 Å². The minimum Gasteiger partial charge on any atom is -0.490 e. The van der Waals surface area contributed by atoms with Crippen molar-refractivity contribution < 1.29 is 28.2 Å². The standard InChI is InChI=1S/C29H27FN2O5S/c1-4-36-24-14-20(12-13-23(24)37-17-21-10-5-6-11-22(21)30)15-25-28(34)32(29(35)38-25)16-26(33)31-27-18(2)8-7-9-19(27)3/h5-15H,4,16-17H2,1-3H3,(H,31,33)/b25-15+. The molecule has 0 radical (unpaired) electrons. The molecule has 1 saturated heterocycles. The van der Waals surface area contributed by atoms with Crippen molar-refractivity contribution in [3.05, 3.63) is 93.6 Å². The van der Waals surface area contributed by atoms with Gasteiger partial charge in [-0.15, -0.1) is 0 Å². The van der Waals surface area contributed by atoms with Gasteiger partial charge in [0, 0.05) is 11.3 Å². The zero-order valence-corrected chi connectivity index (χ0v) is 22.1. The number of halogens is 1. The van der Waals surface area contributed by atoms with Gasteiger partial charge in [0.15, 0.2) is 11.5 Å². The lowest BCUT2D eigenvalue weighted by Crippen LogP contribution is -2.36. The van der Waals surface area contributed by atoms with Gasteiger partial charge in [-0.3, -0.25) is 19.3 Å². The van der Waals surface area contributed by atoms with Gasteiger partial charge in [0.25, 0.3) is 11.1 Å². The fourth-order valence-electron chi connectivity index (χ4n) is 3.89. The molecule has 0 spiro atoms. The third-order valence-corrected chi connectivity index (χ3v) is 6.73. The molecule has 1 aliphatic rings. The van der Waals surface area contributed by atoms with Crippen molar-refractivity contribution in [1.29, 1.82) is 0 Å². The molecule has 1 heterocycles. The third kappa shape index (κ3) is 6.23. The average Bonchev–Trinajstić information content (AvgIpc) is 3.14. The lowest BCUT2D eigenvalue weighted by Gasteiger charge is -2.15. The van der Waals surface area contributed by atoms with E-state index in [4.69, 9.17) is 9.47 Å². The zero-order valence-electron chi connectivity index (χ0n) is 21.2. The van der Waals surface area contributed by atoms with Crippen molar-refractivity contribution in [2.45, 2.75) is 27.4 Å². The third-order valence-electron chi connectivity index (χ3n) is 5.83. The number of nitrogens with one attached hydrogen (secondary N) is 1. The minimum absolute atomic E-state index is 0.0229. The predicted molar refractivity (Wildman–Crippen MR) is 146 cm³/mol. The summed E-state index contributed by atoms with van der Waals surface area (Å²) in [5.74, 6) is -0.524. The Balaban J connectivity index is 1.47. The smallest absolute Gasteiger partial charge is 0.294 e. The Morgan fingerprint density at radius 2 is 1.74 bits per heavy atom. The molecule has 0 saturated carbocycles. The number of hydrogen-bond donors (Lipinski definition) is 1. The van der Waals surface area contributed by atoms with E-state index in [1.165, 1.54) is 6.07 Å². The van der Waals surface area contributed by atoms with E-state index in [1.54, 1.807) is 42.5 Å². The summed E-state index contributed by atoms with van der Waals surface area (Å²) in [6.45, 7) is 5.57. The van der Waals surface area contributed by atoms with Gasteiger partial charge in [0.05, 0.1) is 11.5 Å². The maximum Gasteiger partial charge on any atom is 0.294 e. The number of nitrogens with zero attached hydrogens (tertiary/aromatic N) is 1. The van der Waals surface area contributed by atoms with E-state index >= 15 is 0 Å². The number of hydrogen-bond acceptors (Lipinski definition) is 6. The van der Waals surface area contributed by atoms with Crippen LogP contribution >= 0.6 is 11.8 Å². The summed E-state index contributed by atoms with van der Waals surface area (Å²) in [7, 11) is 0. The van der Waals surface area contributed by atoms with Crippen molar-refractivity contribution >= 4 is 40.6 Å². The van der Waals surface area contributed by atoms with E-state index in [0.29, 0.717) is 34.9 Å². The summed E-state index contributed by atoms with van der Waals surface area (Å²) >= 11 is 0.769. The van der Waals surface area contributed by atoms with Gasteiger partial charge >= 0.3 is 0 Å². The number of imide groups is 1. The number of ether oxygens (including phenoxy) is 2. The Labute approximate surface area is 224 Å². The van der Waals surface area contributed by atoms with Gasteiger partial charge in [0.1, 0.15) is 19.0 Å². The van der Waals surface area contributed by atoms with Crippen LogP contribution in [0.1, 0.15) is 29.2 Å². The molecule has 0 unspecified atom stereocenters. The van der Waals surface area contributed by atoms with E-state index in [-0.39, 0.29) is 23.9 Å². The Hall–Kier alpha value is -4.11. The lowest BCUT2D eigenvalue weighted by atomic mass is 10.1. The molecular formula is C29H27FN2O5S. The number of para-hydroxylation sites is 1. The summed E-state index contributed by atoms with van der Waals surface area (Å²) in [5, 5.41) is 2.28. The molecular weight excluding hydrogens is 507 g/mol. The van der Waals surface area contributed by atoms with Gasteiger partial charge in [-0.25, -0.2) is 4.39 Å². The predicted octanol–water partition coefficient (Wildman–Crippen LogP) is 6.10. The highest BCUT2D eigenvalue weighted by Gasteiger charge is 2.36. The number of carbonyl (C=O) groups is 3. The van der Waals surface area contributed by atoms with Crippen molar-refractivity contribution in [1.82, 2.24) is 4.90 Å². The van der Waals surface area contributed by atoms with Crippen LogP contribution < -0.4 is 14.8 Å². The maximum atomic E-state index is 13.9. The number of anilines is 1. The Kier molecular flexibility index (Phi) is 8.48. The molecule has 9 heteroatoms. The van der Waals surface area contributed by atoms with Crippen molar-refractivity contribution in [3.63, 3.8) is 0 Å². The largest absolute Gasteiger partial charge is 0.490 e. The summed E-state index contributed by atoms with van der Waals surface area (Å²) < 4.78 is 25.4. The number of thioether (sulfide) groups is 1. The molecule has 3 aromatic carbocycles. The average molecular weight is 535 g/mol. The van der Waals surface area contributed by atoms with Crippen LogP contribution in [0.25, 0.3) is 6.08 Å². The number of rotatable bonds is 9. The topological polar surface area (TPSA) is 84.9 Å². The van der Waals surface area contributed by atoms with Crippen molar-refractivity contribution in [2.24, 2.45) is 0 Å². The Bertz CT molecular complexity index is 1400. The number of aryl methyl sites for hydroxylation is 2. The first-order valence-electron chi connectivity index (χ1n) is 12.0. The second-order valence-electron chi connectivity index (χ2n) is 8.60.